The van der Waals surface area contributed by atoms with Gasteiger partial charge in [0.15, 0.2) is 0 Å². The molecule has 11 heavy (non-hydrogen) atoms. The molecule has 0 bridgehead atoms. The summed E-state index contributed by atoms with van der Waals surface area (Å²) in [6, 6.07) is 0. The quantitative estimate of drug-likeness (QED) is 0.635. The SMILES string of the molecule is CCC(CC)C(C)(O)CNC. The summed E-state index contributed by atoms with van der Waals surface area (Å²) in [6.45, 7) is 6.83. The highest BCUT2D eigenvalue weighted by Crippen LogP contribution is 2.22. The van der Waals surface area contributed by atoms with Crippen molar-refractivity contribution in [1.29, 1.82) is 0 Å². The van der Waals surface area contributed by atoms with E-state index in [9.17, 15) is 5.11 Å². The third kappa shape index (κ3) is 3.21. The number of rotatable bonds is 5. The van der Waals surface area contributed by atoms with E-state index in [1.165, 1.54) is 0 Å². The van der Waals surface area contributed by atoms with Crippen LogP contribution in [-0.2, 0) is 0 Å². The molecule has 2 heteroatoms. The number of hydrogen-bond donors (Lipinski definition) is 2. The Bertz CT molecular complexity index is 97.7. The first-order valence-electron chi connectivity index (χ1n) is 4.45. The summed E-state index contributed by atoms with van der Waals surface area (Å²) in [5.41, 5.74) is -0.543. The van der Waals surface area contributed by atoms with E-state index in [0.717, 1.165) is 12.8 Å². The lowest BCUT2D eigenvalue weighted by Crippen LogP contribution is -2.42. The summed E-state index contributed by atoms with van der Waals surface area (Å²) >= 11 is 0. The van der Waals surface area contributed by atoms with E-state index in [1.807, 2.05) is 14.0 Å². The van der Waals surface area contributed by atoms with E-state index in [1.54, 1.807) is 0 Å². The van der Waals surface area contributed by atoms with E-state index in [2.05, 4.69) is 19.2 Å². The van der Waals surface area contributed by atoms with E-state index < -0.39 is 5.60 Å². The largest absolute Gasteiger partial charge is 0.389 e. The first-order chi connectivity index (χ1) is 5.08. The maximum Gasteiger partial charge on any atom is 0.0771 e. The van der Waals surface area contributed by atoms with Crippen LogP contribution in [0, 0.1) is 5.92 Å². The van der Waals surface area contributed by atoms with Crippen LogP contribution in [0.25, 0.3) is 0 Å². The van der Waals surface area contributed by atoms with Crippen molar-refractivity contribution >= 4 is 0 Å². The third-order valence-electron chi connectivity index (χ3n) is 2.40. The van der Waals surface area contributed by atoms with Gasteiger partial charge in [-0.25, -0.2) is 0 Å². The molecular weight excluding hydrogens is 138 g/mol. The lowest BCUT2D eigenvalue weighted by Gasteiger charge is -2.31. The predicted molar refractivity (Wildman–Crippen MR) is 48.6 cm³/mol. The Morgan fingerprint density at radius 1 is 1.36 bits per heavy atom. The summed E-state index contributed by atoms with van der Waals surface area (Å²) < 4.78 is 0. The average Bonchev–Trinajstić information content (AvgIpc) is 1.89. The van der Waals surface area contributed by atoms with Crippen molar-refractivity contribution in [3.63, 3.8) is 0 Å². The van der Waals surface area contributed by atoms with Gasteiger partial charge >= 0.3 is 0 Å². The molecule has 68 valence electrons. The highest BCUT2D eigenvalue weighted by molar-refractivity contribution is 4.81. The van der Waals surface area contributed by atoms with Crippen LogP contribution in [0.1, 0.15) is 33.6 Å². The summed E-state index contributed by atoms with van der Waals surface area (Å²) in [5.74, 6) is 0.412. The highest BCUT2D eigenvalue weighted by Gasteiger charge is 2.27. The Balaban J connectivity index is 4.00. The molecule has 0 radical (unpaired) electrons. The molecule has 2 nitrogen and oxygen atoms in total. The smallest absolute Gasteiger partial charge is 0.0771 e. The fourth-order valence-corrected chi connectivity index (χ4v) is 1.67. The maximum absolute atomic E-state index is 9.91. The highest BCUT2D eigenvalue weighted by atomic mass is 16.3. The molecule has 0 aromatic carbocycles. The van der Waals surface area contributed by atoms with Crippen LogP contribution >= 0.6 is 0 Å². The van der Waals surface area contributed by atoms with Crippen LogP contribution in [0.2, 0.25) is 0 Å². The Morgan fingerprint density at radius 2 is 1.82 bits per heavy atom. The second kappa shape index (κ2) is 4.73. The number of nitrogens with one attached hydrogen (secondary N) is 1. The molecule has 0 aliphatic heterocycles. The molecule has 0 aliphatic carbocycles. The molecule has 0 fully saturated rings. The van der Waals surface area contributed by atoms with Gasteiger partial charge in [0.1, 0.15) is 0 Å². The van der Waals surface area contributed by atoms with Crippen LogP contribution in [-0.4, -0.2) is 24.3 Å². The molecule has 0 aromatic heterocycles. The van der Waals surface area contributed by atoms with Crippen molar-refractivity contribution in [3.05, 3.63) is 0 Å². The Hall–Kier alpha value is -0.0800. The third-order valence-corrected chi connectivity index (χ3v) is 2.40. The molecule has 0 heterocycles. The van der Waals surface area contributed by atoms with Gasteiger partial charge in [-0.3, -0.25) is 0 Å². The van der Waals surface area contributed by atoms with Gasteiger partial charge in [0.2, 0.25) is 0 Å². The molecule has 2 N–H and O–H groups in total. The first-order valence-corrected chi connectivity index (χ1v) is 4.45. The monoisotopic (exact) mass is 159 g/mol. The van der Waals surface area contributed by atoms with Gasteiger partial charge in [0.05, 0.1) is 5.60 Å². The molecule has 0 spiro atoms. The number of likely N-dealkylation sites (N-methyl/N-ethyl adjacent to an activating group) is 1. The zero-order valence-electron chi connectivity index (χ0n) is 8.15. The molecule has 0 saturated heterocycles. The van der Waals surface area contributed by atoms with Gasteiger partial charge in [-0.1, -0.05) is 26.7 Å². The topological polar surface area (TPSA) is 32.3 Å². The van der Waals surface area contributed by atoms with Crippen LogP contribution in [0.4, 0.5) is 0 Å². The zero-order valence-corrected chi connectivity index (χ0v) is 8.15. The van der Waals surface area contributed by atoms with E-state index in [0.29, 0.717) is 12.5 Å². The van der Waals surface area contributed by atoms with Crippen molar-refractivity contribution in [2.45, 2.75) is 39.2 Å². The number of hydrogen-bond acceptors (Lipinski definition) is 2. The minimum absolute atomic E-state index is 0.412. The summed E-state index contributed by atoms with van der Waals surface area (Å²) in [5, 5.41) is 12.9. The minimum atomic E-state index is -0.543. The van der Waals surface area contributed by atoms with Crippen LogP contribution < -0.4 is 5.32 Å². The molecular formula is C9H21NO. The molecule has 0 aromatic rings. The van der Waals surface area contributed by atoms with Gasteiger partial charge < -0.3 is 10.4 Å². The summed E-state index contributed by atoms with van der Waals surface area (Å²) in [7, 11) is 1.87. The van der Waals surface area contributed by atoms with Gasteiger partial charge in [-0.15, -0.1) is 0 Å². The van der Waals surface area contributed by atoms with Crippen molar-refractivity contribution in [1.82, 2.24) is 5.32 Å². The van der Waals surface area contributed by atoms with Gasteiger partial charge in [-0.05, 0) is 19.9 Å². The van der Waals surface area contributed by atoms with Crippen LogP contribution in [0.5, 0.6) is 0 Å². The van der Waals surface area contributed by atoms with Crippen LogP contribution in [0.15, 0.2) is 0 Å². The average molecular weight is 159 g/mol. The van der Waals surface area contributed by atoms with Crippen molar-refractivity contribution < 1.29 is 5.11 Å². The first kappa shape index (κ1) is 10.9. The van der Waals surface area contributed by atoms with E-state index in [4.69, 9.17) is 0 Å². The van der Waals surface area contributed by atoms with Crippen molar-refractivity contribution in [2.75, 3.05) is 13.6 Å². The second-order valence-electron chi connectivity index (χ2n) is 3.40. The van der Waals surface area contributed by atoms with Gasteiger partial charge in [0.25, 0.3) is 0 Å². The summed E-state index contributed by atoms with van der Waals surface area (Å²) in [6.07, 6.45) is 2.09. The summed E-state index contributed by atoms with van der Waals surface area (Å²) in [4.78, 5) is 0. The maximum atomic E-state index is 9.91. The predicted octanol–water partition coefficient (Wildman–Crippen LogP) is 1.39. The van der Waals surface area contributed by atoms with Crippen LogP contribution in [0.3, 0.4) is 0 Å². The molecule has 0 rings (SSSR count). The fraction of sp³-hybridized carbons (Fsp3) is 1.00. The molecule has 0 saturated carbocycles. The fourth-order valence-electron chi connectivity index (χ4n) is 1.67. The standard InChI is InChI=1S/C9H21NO/c1-5-8(6-2)9(3,11)7-10-4/h8,10-11H,5-7H2,1-4H3. The normalized spacial score (nSPS) is 16.9. The molecule has 0 aliphatic rings. The Morgan fingerprint density at radius 3 is 2.09 bits per heavy atom. The Labute approximate surface area is 70.0 Å². The van der Waals surface area contributed by atoms with Crippen molar-refractivity contribution in [3.8, 4) is 0 Å². The lowest BCUT2D eigenvalue weighted by molar-refractivity contribution is -0.00193. The molecule has 1 atom stereocenters. The molecule has 1 unspecified atom stereocenters. The zero-order chi connectivity index (χ0) is 8.91. The van der Waals surface area contributed by atoms with E-state index in [-0.39, 0.29) is 0 Å². The van der Waals surface area contributed by atoms with Crippen molar-refractivity contribution in [2.24, 2.45) is 5.92 Å². The van der Waals surface area contributed by atoms with E-state index >= 15 is 0 Å². The molecule has 0 amide bonds. The number of aliphatic hydroxyl groups is 1. The van der Waals surface area contributed by atoms with Gasteiger partial charge in [-0.2, -0.15) is 0 Å². The second-order valence-corrected chi connectivity index (χ2v) is 3.40. The lowest BCUT2D eigenvalue weighted by atomic mass is 9.85. The van der Waals surface area contributed by atoms with Gasteiger partial charge in [0, 0.05) is 6.54 Å². The minimum Gasteiger partial charge on any atom is -0.389 e. The Kier molecular flexibility index (Phi) is 4.69.